The van der Waals surface area contributed by atoms with Crippen molar-refractivity contribution in [3.63, 3.8) is 0 Å². The van der Waals surface area contributed by atoms with Crippen LogP contribution < -0.4 is 4.90 Å². The lowest BCUT2D eigenvalue weighted by Gasteiger charge is -2.28. The molecule has 0 saturated carbocycles. The molecule has 1 nitrogen and oxygen atoms in total. The predicted octanol–water partition coefficient (Wildman–Crippen LogP) is 20.9. The molecule has 378 valence electrons. The van der Waals surface area contributed by atoms with Crippen LogP contribution in [-0.4, -0.2) is 0 Å². The molecule has 10 aromatic rings. The van der Waals surface area contributed by atoms with Crippen molar-refractivity contribution in [1.29, 1.82) is 0 Å². The first kappa shape index (κ1) is 47.9. The van der Waals surface area contributed by atoms with E-state index in [0.29, 0.717) is 0 Å². The van der Waals surface area contributed by atoms with Crippen molar-refractivity contribution in [1.82, 2.24) is 0 Å². The van der Waals surface area contributed by atoms with E-state index in [9.17, 15) is 0 Å². The average molecular weight is 1000 g/mol. The highest BCUT2D eigenvalue weighted by atomic mass is 15.1. The maximum absolute atomic E-state index is 2.46. The molecule has 0 atom stereocenters. The lowest BCUT2D eigenvalue weighted by Crippen LogP contribution is -2.16. The lowest BCUT2D eigenvalue weighted by molar-refractivity contribution is 0.660. The smallest absolute Gasteiger partial charge is 0.0465 e. The van der Waals surface area contributed by atoms with E-state index in [1.54, 1.807) is 0 Å². The molecule has 0 N–H and O–H groups in total. The first-order valence-corrected chi connectivity index (χ1v) is 28.0. The number of fused-ring (bicyclic) bond motifs is 12. The summed E-state index contributed by atoms with van der Waals surface area (Å²) in [7, 11) is 0. The van der Waals surface area contributed by atoms with Crippen LogP contribution in [0.3, 0.4) is 0 Å². The van der Waals surface area contributed by atoms with Crippen molar-refractivity contribution >= 4 is 35.3 Å². The van der Waals surface area contributed by atoms with Crippen LogP contribution in [0, 0.1) is 0 Å². The number of hydrogen-bond acceptors (Lipinski definition) is 1. The summed E-state index contributed by atoms with van der Waals surface area (Å²) in [5, 5.41) is 0. The fourth-order valence-electron chi connectivity index (χ4n) is 14.2. The molecule has 0 saturated heterocycles. The maximum Gasteiger partial charge on any atom is 0.0465 e. The number of allylic oxidation sites excluding steroid dienone is 1. The van der Waals surface area contributed by atoms with Gasteiger partial charge in [0.15, 0.2) is 0 Å². The van der Waals surface area contributed by atoms with E-state index >= 15 is 0 Å². The summed E-state index contributed by atoms with van der Waals surface area (Å²) in [6, 6.07) is 78.5. The van der Waals surface area contributed by atoms with Gasteiger partial charge in [-0.15, -0.1) is 0 Å². The van der Waals surface area contributed by atoms with Gasteiger partial charge in [-0.2, -0.15) is 0 Å². The molecular formula is C77H65N. The van der Waals surface area contributed by atoms with E-state index in [0.717, 1.165) is 17.1 Å². The van der Waals surface area contributed by atoms with Crippen molar-refractivity contribution < 1.29 is 0 Å². The molecule has 0 heterocycles. The molecule has 1 heteroatoms. The first-order chi connectivity index (χ1) is 37.6. The fourth-order valence-corrected chi connectivity index (χ4v) is 14.2. The lowest BCUT2D eigenvalue weighted by atomic mass is 9.81. The van der Waals surface area contributed by atoms with Crippen LogP contribution in [0.2, 0.25) is 0 Å². The maximum atomic E-state index is 2.46. The first-order valence-electron chi connectivity index (χ1n) is 28.0. The summed E-state index contributed by atoms with van der Waals surface area (Å²) < 4.78 is 0. The Labute approximate surface area is 462 Å². The van der Waals surface area contributed by atoms with Gasteiger partial charge in [0.1, 0.15) is 0 Å². The van der Waals surface area contributed by atoms with E-state index < -0.39 is 0 Å². The van der Waals surface area contributed by atoms with Crippen LogP contribution >= 0.6 is 0 Å². The zero-order chi connectivity index (χ0) is 53.5. The third kappa shape index (κ3) is 7.20. The zero-order valence-corrected chi connectivity index (χ0v) is 46.4. The Balaban J connectivity index is 0.798. The van der Waals surface area contributed by atoms with Gasteiger partial charge in [-0.05, 0) is 183 Å². The SMILES string of the molecule is CC=Cc1ccc2c(c1)C(C)(C)c1cc(C=Cc3ccc4c(c3)C(C)(C)c3cc(N(c5ccc(-c6ccc7c(c6)C(C)(C)c6ccccc6-7)cc5)c5ccc(-c6ccc7c(c6)C(C)(C)c6ccccc6-7)cc5)ccc3-4)ccc1-2. The quantitative estimate of drug-likeness (QED) is 0.137. The standard InChI is InChI=1S/C77H65N/c1-10-15-48-22-36-60-61-37-23-49(43-69(61)76(6,7)68(60)42-48)20-21-50-24-38-62-65-41-35-57(47-73(65)77(8,9)70(62)44-50)78(55-31-25-51(26-32-55)53-29-39-63-58-16-11-13-18-66(58)74(2,3)71(63)45-53)56-33-27-52(28-34-56)54-30-40-64-59-17-12-14-19-67(59)75(4,5)72(64)46-54/h10-47H,1-9H3. The van der Waals surface area contributed by atoms with Crippen molar-refractivity contribution in [3.05, 3.63) is 274 Å². The van der Waals surface area contributed by atoms with Crippen molar-refractivity contribution in [2.45, 2.75) is 84.0 Å². The molecule has 4 aliphatic carbocycles. The highest BCUT2D eigenvalue weighted by molar-refractivity contribution is 5.90. The van der Waals surface area contributed by atoms with E-state index in [-0.39, 0.29) is 21.7 Å². The Morgan fingerprint density at radius 1 is 0.256 bits per heavy atom. The minimum absolute atomic E-state index is 0.0589. The van der Waals surface area contributed by atoms with Gasteiger partial charge in [-0.1, -0.05) is 237 Å². The van der Waals surface area contributed by atoms with Gasteiger partial charge in [-0.3, -0.25) is 0 Å². The second kappa shape index (κ2) is 17.2. The zero-order valence-electron chi connectivity index (χ0n) is 46.4. The van der Waals surface area contributed by atoms with Crippen LogP contribution in [-0.2, 0) is 21.7 Å². The molecular weight excluding hydrogens is 939 g/mol. The second-order valence-electron chi connectivity index (χ2n) is 24.5. The highest BCUT2D eigenvalue weighted by Gasteiger charge is 2.39. The van der Waals surface area contributed by atoms with E-state index in [1.165, 1.54) is 128 Å². The molecule has 0 aromatic heterocycles. The van der Waals surface area contributed by atoms with Crippen molar-refractivity contribution in [2.24, 2.45) is 0 Å². The Bertz CT molecular complexity index is 4040. The van der Waals surface area contributed by atoms with Crippen LogP contribution in [0.25, 0.3) is 85.0 Å². The average Bonchev–Trinajstić information content (AvgIpc) is 4.26. The Kier molecular flexibility index (Phi) is 10.6. The summed E-state index contributed by atoms with van der Waals surface area (Å²) in [4.78, 5) is 2.45. The number of benzene rings is 10. The minimum atomic E-state index is -0.221. The van der Waals surface area contributed by atoms with Gasteiger partial charge >= 0.3 is 0 Å². The minimum Gasteiger partial charge on any atom is -0.310 e. The summed E-state index contributed by atoms with van der Waals surface area (Å²) in [6.07, 6.45) is 8.91. The predicted molar refractivity (Wildman–Crippen MR) is 332 cm³/mol. The van der Waals surface area contributed by atoms with Gasteiger partial charge in [-0.25, -0.2) is 0 Å². The monoisotopic (exact) mass is 1000 g/mol. The molecule has 10 aromatic carbocycles. The third-order valence-corrected chi connectivity index (χ3v) is 18.6. The summed E-state index contributed by atoms with van der Waals surface area (Å²) in [6.45, 7) is 21.1. The molecule has 0 unspecified atom stereocenters. The van der Waals surface area contributed by atoms with Gasteiger partial charge in [0.05, 0.1) is 0 Å². The van der Waals surface area contributed by atoms with E-state index in [1.807, 2.05) is 0 Å². The van der Waals surface area contributed by atoms with Gasteiger partial charge < -0.3 is 4.90 Å². The molecule has 0 fully saturated rings. The molecule has 4 aliphatic rings. The van der Waals surface area contributed by atoms with Crippen LogP contribution in [0.15, 0.2) is 212 Å². The van der Waals surface area contributed by atoms with Crippen molar-refractivity contribution in [2.75, 3.05) is 4.90 Å². The molecule has 0 radical (unpaired) electrons. The molecule has 0 spiro atoms. The topological polar surface area (TPSA) is 3.24 Å². The molecule has 14 rings (SSSR count). The number of nitrogens with zero attached hydrogens (tertiary/aromatic N) is 1. The normalized spacial score (nSPS) is 15.8. The van der Waals surface area contributed by atoms with Crippen LogP contribution in [0.1, 0.15) is 124 Å². The molecule has 0 amide bonds. The van der Waals surface area contributed by atoms with Crippen LogP contribution in [0.5, 0.6) is 0 Å². The third-order valence-electron chi connectivity index (χ3n) is 18.6. The Hall–Kier alpha value is -8.52. The summed E-state index contributed by atoms with van der Waals surface area (Å²) >= 11 is 0. The van der Waals surface area contributed by atoms with Gasteiger partial charge in [0.25, 0.3) is 0 Å². The second-order valence-corrected chi connectivity index (χ2v) is 24.5. The molecule has 0 bridgehead atoms. The summed E-state index contributed by atoms with van der Waals surface area (Å²) in [5.41, 5.74) is 33.4. The van der Waals surface area contributed by atoms with E-state index in [4.69, 9.17) is 0 Å². The van der Waals surface area contributed by atoms with Gasteiger partial charge in [0, 0.05) is 38.7 Å². The largest absolute Gasteiger partial charge is 0.310 e. The van der Waals surface area contributed by atoms with E-state index in [2.05, 4.69) is 298 Å². The van der Waals surface area contributed by atoms with Gasteiger partial charge in [0.2, 0.25) is 0 Å². The number of hydrogen-bond donors (Lipinski definition) is 0. The fraction of sp³-hybridized carbons (Fsp3) is 0.169. The molecule has 78 heavy (non-hydrogen) atoms. The Morgan fingerprint density at radius 2 is 0.551 bits per heavy atom. The number of anilines is 3. The van der Waals surface area contributed by atoms with Crippen molar-refractivity contribution in [3.8, 4) is 66.8 Å². The highest BCUT2D eigenvalue weighted by Crippen LogP contribution is 2.54. The Morgan fingerprint density at radius 3 is 0.962 bits per heavy atom. The summed E-state index contributed by atoms with van der Waals surface area (Å²) in [5.74, 6) is 0. The molecule has 0 aliphatic heterocycles. The van der Waals surface area contributed by atoms with Crippen LogP contribution in [0.4, 0.5) is 17.1 Å². The number of rotatable bonds is 8.